The summed E-state index contributed by atoms with van der Waals surface area (Å²) >= 11 is 0. The van der Waals surface area contributed by atoms with Crippen LogP contribution >= 0.6 is 0 Å². The van der Waals surface area contributed by atoms with Gasteiger partial charge in [0, 0.05) is 48.4 Å². The number of anilines is 4. The van der Waals surface area contributed by atoms with E-state index in [1.165, 1.54) is 0 Å². The van der Waals surface area contributed by atoms with Crippen molar-refractivity contribution in [2.24, 2.45) is 0 Å². The van der Waals surface area contributed by atoms with Crippen LogP contribution in [-0.2, 0) is 32.0 Å². The molecule has 4 aromatic carbocycles. The topological polar surface area (TPSA) is 116 Å². The number of benzene rings is 4. The summed E-state index contributed by atoms with van der Waals surface area (Å²) in [6.45, 7) is 0. The average molecular weight is 591 g/mol. The molecule has 8 nitrogen and oxygen atoms in total. The summed E-state index contributed by atoms with van der Waals surface area (Å²) in [5, 5.41) is 11.5. The lowest BCUT2D eigenvalue weighted by molar-refractivity contribution is -0.118. The maximum atomic E-state index is 12.3. The number of nitrogens with one attached hydrogen (secondary N) is 4. The van der Waals surface area contributed by atoms with Gasteiger partial charge in [0.1, 0.15) is 0 Å². The molecule has 0 saturated carbocycles. The second-order valence-corrected chi connectivity index (χ2v) is 10.5. The first-order chi connectivity index (χ1) is 21.4. The van der Waals surface area contributed by atoms with Crippen LogP contribution in [0.25, 0.3) is 0 Å². The molecule has 0 aromatic heterocycles. The molecule has 0 heterocycles. The zero-order valence-electron chi connectivity index (χ0n) is 24.7. The maximum Gasteiger partial charge on any atom is 0.224 e. The van der Waals surface area contributed by atoms with E-state index in [1.54, 1.807) is 48.5 Å². The van der Waals surface area contributed by atoms with Gasteiger partial charge in [0.2, 0.25) is 23.6 Å². The molecule has 226 valence electrons. The molecule has 8 heteroatoms. The SMILES string of the molecule is O=C(CCCCC(=O)Nc1ccc(NC(=O)CCc2ccccc2)cc1)Nc1ccc(NC(=O)CCc2ccccc2)cc1. The Morgan fingerprint density at radius 1 is 0.364 bits per heavy atom. The minimum Gasteiger partial charge on any atom is -0.326 e. The fourth-order valence-corrected chi connectivity index (χ4v) is 4.54. The van der Waals surface area contributed by atoms with E-state index in [2.05, 4.69) is 21.3 Å². The van der Waals surface area contributed by atoms with Crippen LogP contribution in [0.15, 0.2) is 109 Å². The predicted octanol–water partition coefficient (Wildman–Crippen LogP) is 6.97. The van der Waals surface area contributed by atoms with Gasteiger partial charge in [0.05, 0.1) is 0 Å². The first kappa shape index (κ1) is 31.7. The van der Waals surface area contributed by atoms with E-state index < -0.39 is 0 Å². The molecule has 0 spiro atoms. The fraction of sp³-hybridized carbons (Fsp3) is 0.222. The average Bonchev–Trinajstić information content (AvgIpc) is 3.04. The molecule has 0 aliphatic rings. The summed E-state index contributed by atoms with van der Waals surface area (Å²) in [5.74, 6) is -0.395. The van der Waals surface area contributed by atoms with Gasteiger partial charge < -0.3 is 21.3 Å². The van der Waals surface area contributed by atoms with Gasteiger partial charge in [-0.3, -0.25) is 19.2 Å². The van der Waals surface area contributed by atoms with E-state index in [-0.39, 0.29) is 23.6 Å². The third kappa shape index (κ3) is 11.6. The van der Waals surface area contributed by atoms with Gasteiger partial charge in [-0.1, -0.05) is 60.7 Å². The highest BCUT2D eigenvalue weighted by Gasteiger charge is 2.08. The molecule has 44 heavy (non-hydrogen) atoms. The van der Waals surface area contributed by atoms with E-state index in [1.807, 2.05) is 60.7 Å². The highest BCUT2D eigenvalue weighted by Crippen LogP contribution is 2.17. The van der Waals surface area contributed by atoms with Crippen molar-refractivity contribution in [2.75, 3.05) is 21.3 Å². The van der Waals surface area contributed by atoms with Crippen molar-refractivity contribution in [1.82, 2.24) is 0 Å². The number of carbonyl (C=O) groups excluding carboxylic acids is 4. The number of carbonyl (C=O) groups is 4. The van der Waals surface area contributed by atoms with Crippen molar-refractivity contribution in [3.05, 3.63) is 120 Å². The molecule has 4 rings (SSSR count). The van der Waals surface area contributed by atoms with Gasteiger partial charge in [-0.05, 0) is 85.3 Å². The number of rotatable bonds is 15. The molecule has 0 aliphatic carbocycles. The summed E-state index contributed by atoms with van der Waals surface area (Å²) < 4.78 is 0. The summed E-state index contributed by atoms with van der Waals surface area (Å²) in [4.78, 5) is 49.1. The van der Waals surface area contributed by atoms with Crippen LogP contribution in [0.5, 0.6) is 0 Å². The van der Waals surface area contributed by atoms with Crippen LogP contribution in [0.4, 0.5) is 22.7 Å². The molecule has 0 aliphatic heterocycles. The lowest BCUT2D eigenvalue weighted by Gasteiger charge is -2.09. The number of unbranched alkanes of at least 4 members (excludes halogenated alkanes) is 1. The summed E-state index contributed by atoms with van der Waals surface area (Å²) in [7, 11) is 0. The van der Waals surface area contributed by atoms with E-state index >= 15 is 0 Å². The number of hydrogen-bond acceptors (Lipinski definition) is 4. The van der Waals surface area contributed by atoms with Gasteiger partial charge in [-0.2, -0.15) is 0 Å². The summed E-state index contributed by atoms with van der Waals surface area (Å²) in [6.07, 6.45) is 3.86. The Hall–Kier alpha value is -5.24. The van der Waals surface area contributed by atoms with Crippen molar-refractivity contribution in [3.63, 3.8) is 0 Å². The third-order valence-corrected chi connectivity index (χ3v) is 6.93. The van der Waals surface area contributed by atoms with Crippen molar-refractivity contribution in [3.8, 4) is 0 Å². The minimum atomic E-state index is -0.133. The molecule has 4 amide bonds. The van der Waals surface area contributed by atoms with Gasteiger partial charge in [-0.15, -0.1) is 0 Å². The molecule has 0 atom stereocenters. The van der Waals surface area contributed by atoms with Crippen LogP contribution in [0, 0.1) is 0 Å². The molecule has 4 N–H and O–H groups in total. The Balaban J connectivity index is 1.07. The molecular weight excluding hydrogens is 552 g/mol. The Labute approximate surface area is 258 Å². The number of aryl methyl sites for hydroxylation is 2. The first-order valence-corrected chi connectivity index (χ1v) is 14.9. The quantitative estimate of drug-likeness (QED) is 0.112. The monoisotopic (exact) mass is 590 g/mol. The van der Waals surface area contributed by atoms with Crippen molar-refractivity contribution in [2.45, 2.75) is 51.4 Å². The Kier molecular flexibility index (Phi) is 12.3. The van der Waals surface area contributed by atoms with Crippen LogP contribution in [0.1, 0.15) is 49.7 Å². The lowest BCUT2D eigenvalue weighted by atomic mass is 10.1. The van der Waals surface area contributed by atoms with E-state index in [9.17, 15) is 19.2 Å². The Morgan fingerprint density at radius 2 is 0.636 bits per heavy atom. The van der Waals surface area contributed by atoms with Gasteiger partial charge in [-0.25, -0.2) is 0 Å². The molecule has 0 bridgehead atoms. The molecule has 0 unspecified atom stereocenters. The second kappa shape index (κ2) is 17.0. The molecule has 0 saturated heterocycles. The summed E-state index contributed by atoms with van der Waals surface area (Å²) in [5.41, 5.74) is 4.86. The highest BCUT2D eigenvalue weighted by molar-refractivity contribution is 5.94. The first-order valence-electron chi connectivity index (χ1n) is 14.9. The normalized spacial score (nSPS) is 10.5. The Bertz CT molecular complexity index is 1390. The van der Waals surface area contributed by atoms with Crippen LogP contribution in [0.3, 0.4) is 0 Å². The van der Waals surface area contributed by atoms with E-state index in [0.717, 1.165) is 11.1 Å². The summed E-state index contributed by atoms with van der Waals surface area (Å²) in [6, 6.07) is 33.7. The van der Waals surface area contributed by atoms with Crippen LogP contribution < -0.4 is 21.3 Å². The molecule has 0 fully saturated rings. The molecule has 4 aromatic rings. The predicted molar refractivity (Wildman–Crippen MR) is 175 cm³/mol. The Morgan fingerprint density at radius 3 is 0.932 bits per heavy atom. The van der Waals surface area contributed by atoms with Gasteiger partial charge >= 0.3 is 0 Å². The van der Waals surface area contributed by atoms with Crippen molar-refractivity contribution < 1.29 is 19.2 Å². The standard InChI is InChI=1S/C36H38N4O4/c41-33(37-29-17-21-31(22-18-29)39-35(43)25-15-27-9-3-1-4-10-27)13-7-8-14-34(42)38-30-19-23-32(24-20-30)40-36(44)26-16-28-11-5-2-6-12-28/h1-6,9-12,17-24H,7-8,13-16,25-26H2,(H,37,41)(H,38,42)(H,39,43)(H,40,44). The number of hydrogen-bond donors (Lipinski definition) is 4. The highest BCUT2D eigenvalue weighted by atomic mass is 16.2. The van der Waals surface area contributed by atoms with Crippen molar-refractivity contribution in [1.29, 1.82) is 0 Å². The molecule has 0 radical (unpaired) electrons. The minimum absolute atomic E-state index is 0.0645. The number of amides is 4. The zero-order valence-corrected chi connectivity index (χ0v) is 24.7. The smallest absolute Gasteiger partial charge is 0.224 e. The van der Waals surface area contributed by atoms with E-state index in [4.69, 9.17) is 0 Å². The van der Waals surface area contributed by atoms with Crippen molar-refractivity contribution >= 4 is 46.4 Å². The fourth-order valence-electron chi connectivity index (χ4n) is 4.54. The second-order valence-electron chi connectivity index (χ2n) is 10.5. The molecular formula is C36H38N4O4. The maximum absolute atomic E-state index is 12.3. The largest absolute Gasteiger partial charge is 0.326 e. The van der Waals surface area contributed by atoms with Crippen LogP contribution in [0.2, 0.25) is 0 Å². The zero-order chi connectivity index (χ0) is 31.0. The van der Waals surface area contributed by atoms with Gasteiger partial charge in [0.25, 0.3) is 0 Å². The van der Waals surface area contributed by atoms with Gasteiger partial charge in [0.15, 0.2) is 0 Å². The third-order valence-electron chi connectivity index (χ3n) is 6.93. The van der Waals surface area contributed by atoms with E-state index in [0.29, 0.717) is 74.1 Å². The van der Waals surface area contributed by atoms with Crippen LogP contribution in [-0.4, -0.2) is 23.6 Å². The lowest BCUT2D eigenvalue weighted by Crippen LogP contribution is -2.14.